The molecule has 0 saturated carbocycles. The highest BCUT2D eigenvalue weighted by molar-refractivity contribution is 7.91. The van der Waals surface area contributed by atoms with Crippen LogP contribution >= 0.6 is 0 Å². The number of imide groups is 1. The quantitative estimate of drug-likeness (QED) is 0.517. The number of hydrogen-bond donors (Lipinski definition) is 0. The number of methoxy groups -OCH3 is 1. The van der Waals surface area contributed by atoms with Crippen molar-refractivity contribution in [1.29, 1.82) is 5.26 Å². The van der Waals surface area contributed by atoms with Gasteiger partial charge >= 0.3 is 0 Å². The number of amides is 2. The minimum absolute atomic E-state index is 0.0888. The third kappa shape index (κ3) is 3.96. The molecule has 1 saturated heterocycles. The number of sulfone groups is 1. The number of ether oxygens (including phenoxy) is 2. The third-order valence-corrected chi connectivity index (χ3v) is 6.90. The van der Waals surface area contributed by atoms with Crippen LogP contribution in [0.1, 0.15) is 25.8 Å². The zero-order chi connectivity index (χ0) is 22.1. The van der Waals surface area contributed by atoms with Crippen molar-refractivity contribution in [2.45, 2.75) is 26.3 Å². The Morgan fingerprint density at radius 2 is 2.00 bits per heavy atom. The van der Waals surface area contributed by atoms with E-state index in [-0.39, 0.29) is 34.6 Å². The Bertz CT molecular complexity index is 1110. The van der Waals surface area contributed by atoms with E-state index in [9.17, 15) is 23.3 Å². The fourth-order valence-corrected chi connectivity index (χ4v) is 5.33. The zero-order valence-corrected chi connectivity index (χ0v) is 17.8. The predicted molar refractivity (Wildman–Crippen MR) is 109 cm³/mol. The average Bonchev–Trinajstić information content (AvgIpc) is 3.06. The Morgan fingerprint density at radius 3 is 2.57 bits per heavy atom. The van der Waals surface area contributed by atoms with Crippen LogP contribution in [0, 0.1) is 11.3 Å². The molecule has 1 aromatic rings. The number of carbonyl (C=O) groups is 2. The summed E-state index contributed by atoms with van der Waals surface area (Å²) in [6, 6.07) is 6.21. The summed E-state index contributed by atoms with van der Waals surface area (Å²) in [5.74, 6) is -0.697. The molecule has 0 aromatic heterocycles. The first kappa shape index (κ1) is 21.6. The molecule has 0 aliphatic carbocycles. The molecular weight excluding hydrogens is 408 g/mol. The number of nitrogens with zero attached hydrogens (tertiary/aromatic N) is 2. The van der Waals surface area contributed by atoms with Crippen LogP contribution in [0.2, 0.25) is 0 Å². The first-order valence-corrected chi connectivity index (χ1v) is 11.3. The minimum atomic E-state index is -3.32. The van der Waals surface area contributed by atoms with Crippen molar-refractivity contribution in [2.24, 2.45) is 0 Å². The van der Waals surface area contributed by atoms with Crippen LogP contribution in [0.4, 0.5) is 0 Å². The van der Waals surface area contributed by atoms with Gasteiger partial charge in [-0.05, 0) is 49.6 Å². The molecule has 0 spiro atoms. The summed E-state index contributed by atoms with van der Waals surface area (Å²) in [6.07, 6.45) is 1.73. The Labute approximate surface area is 175 Å². The summed E-state index contributed by atoms with van der Waals surface area (Å²) in [4.78, 5) is 26.9. The lowest BCUT2D eigenvalue weighted by molar-refractivity contribution is -0.142. The number of rotatable bonds is 5. The van der Waals surface area contributed by atoms with Gasteiger partial charge in [0, 0.05) is 5.57 Å². The van der Waals surface area contributed by atoms with E-state index >= 15 is 0 Å². The fraction of sp³-hybridized carbons (Fsp3) is 0.381. The Kier molecular flexibility index (Phi) is 5.99. The van der Waals surface area contributed by atoms with Crippen LogP contribution in [0.3, 0.4) is 0 Å². The van der Waals surface area contributed by atoms with Gasteiger partial charge in [-0.3, -0.25) is 14.5 Å². The van der Waals surface area contributed by atoms with Gasteiger partial charge in [-0.15, -0.1) is 0 Å². The van der Waals surface area contributed by atoms with E-state index in [1.54, 1.807) is 24.3 Å². The van der Waals surface area contributed by atoms with Crippen LogP contribution in [-0.4, -0.2) is 56.4 Å². The highest BCUT2D eigenvalue weighted by Gasteiger charge is 2.43. The van der Waals surface area contributed by atoms with Gasteiger partial charge in [0.1, 0.15) is 11.6 Å². The molecule has 3 rings (SSSR count). The second-order valence-electron chi connectivity index (χ2n) is 7.05. The van der Waals surface area contributed by atoms with Gasteiger partial charge in [0.25, 0.3) is 11.8 Å². The maximum absolute atomic E-state index is 13.2. The van der Waals surface area contributed by atoms with Gasteiger partial charge in [0.15, 0.2) is 21.3 Å². The van der Waals surface area contributed by atoms with Crippen molar-refractivity contribution in [3.63, 3.8) is 0 Å². The molecule has 2 heterocycles. The molecular formula is C21H22N2O6S. The van der Waals surface area contributed by atoms with Gasteiger partial charge in [0.05, 0.1) is 31.3 Å². The monoisotopic (exact) mass is 430 g/mol. The lowest BCUT2D eigenvalue weighted by Crippen LogP contribution is -2.49. The Balaban J connectivity index is 2.07. The van der Waals surface area contributed by atoms with Crippen molar-refractivity contribution in [1.82, 2.24) is 4.90 Å². The molecule has 9 heteroatoms. The molecule has 0 bridgehead atoms. The van der Waals surface area contributed by atoms with Crippen LogP contribution in [0.5, 0.6) is 11.5 Å². The van der Waals surface area contributed by atoms with Crippen LogP contribution in [-0.2, 0) is 19.4 Å². The van der Waals surface area contributed by atoms with Crippen LogP contribution < -0.4 is 9.47 Å². The first-order chi connectivity index (χ1) is 14.2. The summed E-state index contributed by atoms with van der Waals surface area (Å²) < 4.78 is 34.6. The molecule has 0 unspecified atom stereocenters. The standard InChI is InChI=1S/C21H22N2O6S/c1-4-29-18-6-5-14(10-19(18)28-3)9-16-13(2)17(11-22)21(25)23(20(16)24)15-7-8-30(26,27)12-15/h5-6,9-10,15H,4,7-8,12H2,1-3H3/b16-9+/t15-/m0/s1. The van der Waals surface area contributed by atoms with Crippen LogP contribution in [0.25, 0.3) is 6.08 Å². The van der Waals surface area contributed by atoms with E-state index < -0.39 is 27.7 Å². The molecule has 0 N–H and O–H groups in total. The van der Waals surface area contributed by atoms with E-state index in [4.69, 9.17) is 9.47 Å². The van der Waals surface area contributed by atoms with Crippen molar-refractivity contribution < 1.29 is 27.5 Å². The molecule has 2 aliphatic rings. The van der Waals surface area contributed by atoms with Crippen molar-refractivity contribution >= 4 is 27.7 Å². The Morgan fingerprint density at radius 1 is 1.27 bits per heavy atom. The van der Waals surface area contributed by atoms with E-state index in [1.807, 2.05) is 13.0 Å². The summed E-state index contributed by atoms with van der Waals surface area (Å²) in [7, 11) is -1.82. The lowest BCUT2D eigenvalue weighted by atomic mass is 9.92. The second-order valence-corrected chi connectivity index (χ2v) is 9.28. The zero-order valence-electron chi connectivity index (χ0n) is 17.0. The fourth-order valence-electron chi connectivity index (χ4n) is 3.63. The number of carbonyl (C=O) groups excluding carboxylic acids is 2. The average molecular weight is 430 g/mol. The molecule has 1 atom stereocenters. The molecule has 8 nitrogen and oxygen atoms in total. The maximum atomic E-state index is 13.2. The summed E-state index contributed by atoms with van der Waals surface area (Å²) in [5, 5.41) is 9.49. The number of benzene rings is 1. The first-order valence-electron chi connectivity index (χ1n) is 9.44. The highest BCUT2D eigenvalue weighted by atomic mass is 32.2. The summed E-state index contributed by atoms with van der Waals surface area (Å²) >= 11 is 0. The van der Waals surface area contributed by atoms with Gasteiger partial charge in [0.2, 0.25) is 0 Å². The maximum Gasteiger partial charge on any atom is 0.271 e. The normalized spacial score (nSPS) is 22.4. The van der Waals surface area contributed by atoms with E-state index in [2.05, 4.69) is 0 Å². The van der Waals surface area contributed by atoms with Crippen LogP contribution in [0.15, 0.2) is 34.9 Å². The molecule has 30 heavy (non-hydrogen) atoms. The minimum Gasteiger partial charge on any atom is -0.493 e. The Hall–Kier alpha value is -3.12. The highest BCUT2D eigenvalue weighted by Crippen LogP contribution is 2.33. The van der Waals surface area contributed by atoms with E-state index in [0.29, 0.717) is 23.7 Å². The molecule has 158 valence electrons. The van der Waals surface area contributed by atoms with Gasteiger partial charge in [-0.1, -0.05) is 6.07 Å². The number of hydrogen-bond acceptors (Lipinski definition) is 7. The topological polar surface area (TPSA) is 114 Å². The van der Waals surface area contributed by atoms with E-state index in [1.165, 1.54) is 14.0 Å². The molecule has 2 amide bonds. The largest absolute Gasteiger partial charge is 0.493 e. The van der Waals surface area contributed by atoms with Gasteiger partial charge in [-0.25, -0.2) is 8.42 Å². The predicted octanol–water partition coefficient (Wildman–Crippen LogP) is 1.87. The summed E-state index contributed by atoms with van der Waals surface area (Å²) in [6.45, 7) is 3.85. The molecule has 1 aromatic carbocycles. The van der Waals surface area contributed by atoms with Crippen molar-refractivity contribution in [3.8, 4) is 17.6 Å². The molecule has 0 radical (unpaired) electrons. The van der Waals surface area contributed by atoms with Gasteiger partial charge < -0.3 is 9.47 Å². The second kappa shape index (κ2) is 8.32. The SMILES string of the molecule is CCOc1ccc(/C=C2/C(=O)N([C@H]3CCS(=O)(=O)C3)C(=O)C(C#N)=C2C)cc1OC. The third-order valence-electron chi connectivity index (χ3n) is 5.14. The smallest absolute Gasteiger partial charge is 0.271 e. The summed E-state index contributed by atoms with van der Waals surface area (Å²) in [5.41, 5.74) is 0.880. The van der Waals surface area contributed by atoms with Crippen molar-refractivity contribution in [2.75, 3.05) is 25.2 Å². The molecule has 2 aliphatic heterocycles. The van der Waals surface area contributed by atoms with E-state index in [0.717, 1.165) is 4.90 Å². The van der Waals surface area contributed by atoms with Crippen molar-refractivity contribution in [3.05, 3.63) is 40.5 Å². The number of nitriles is 1. The van der Waals surface area contributed by atoms with Gasteiger partial charge in [-0.2, -0.15) is 5.26 Å². The lowest BCUT2D eigenvalue weighted by Gasteiger charge is -2.31. The molecule has 1 fully saturated rings.